The van der Waals surface area contributed by atoms with Gasteiger partial charge in [-0.25, -0.2) is 8.78 Å². The minimum Gasteiger partial charge on any atom is -0.480 e. The van der Waals surface area contributed by atoms with Crippen LogP contribution in [-0.4, -0.2) is 53.6 Å². The van der Waals surface area contributed by atoms with Gasteiger partial charge in [0.05, 0.1) is 6.54 Å². The van der Waals surface area contributed by atoms with E-state index in [0.717, 1.165) is 32.0 Å². The fourth-order valence-electron chi connectivity index (χ4n) is 3.09. The first kappa shape index (κ1) is 19.8. The monoisotopic (exact) mass is 348 g/mol. The normalized spacial score (nSPS) is 17.8. The Morgan fingerprint density at radius 2 is 2.00 bits per heavy atom. The molecule has 1 saturated heterocycles. The summed E-state index contributed by atoms with van der Waals surface area (Å²) in [6, 6.07) is 3.81. The smallest absolute Gasteiger partial charge is 0.317 e. The molecule has 1 aromatic carbocycles. The highest BCUT2D eigenvalue weighted by molar-refractivity contribution is 5.85. The Balaban J connectivity index is 0.00000264. The summed E-state index contributed by atoms with van der Waals surface area (Å²) in [5.74, 6) is -1.91. The maximum atomic E-state index is 13.9. The third-order valence-electron chi connectivity index (χ3n) is 4.47. The zero-order chi connectivity index (χ0) is 16.3. The van der Waals surface area contributed by atoms with E-state index in [-0.39, 0.29) is 31.0 Å². The summed E-state index contributed by atoms with van der Waals surface area (Å²) in [5.41, 5.74) is 0.499. The van der Waals surface area contributed by atoms with E-state index in [0.29, 0.717) is 5.56 Å². The number of carboxylic acids is 1. The molecule has 130 valence electrons. The van der Waals surface area contributed by atoms with Gasteiger partial charge in [0.2, 0.25) is 0 Å². The molecule has 23 heavy (non-hydrogen) atoms. The van der Waals surface area contributed by atoms with Crippen molar-refractivity contribution in [3.63, 3.8) is 0 Å². The van der Waals surface area contributed by atoms with Crippen LogP contribution in [-0.2, 0) is 4.79 Å². The van der Waals surface area contributed by atoms with E-state index >= 15 is 0 Å². The van der Waals surface area contributed by atoms with Crippen molar-refractivity contribution in [3.05, 3.63) is 35.4 Å². The van der Waals surface area contributed by atoms with Crippen LogP contribution in [0.3, 0.4) is 0 Å². The van der Waals surface area contributed by atoms with Gasteiger partial charge in [0.15, 0.2) is 0 Å². The summed E-state index contributed by atoms with van der Waals surface area (Å²) in [7, 11) is 1.82. The van der Waals surface area contributed by atoms with Gasteiger partial charge in [0, 0.05) is 36.8 Å². The number of halogens is 3. The summed E-state index contributed by atoms with van der Waals surface area (Å²) in [6.07, 6.45) is 1.69. The molecular weight excluding hydrogens is 326 g/mol. The molecular formula is C16H23ClF2N2O2. The number of benzene rings is 1. The Hall–Kier alpha value is -1.24. The minimum atomic E-state index is -0.827. The van der Waals surface area contributed by atoms with Crippen LogP contribution in [0.5, 0.6) is 0 Å². The lowest BCUT2D eigenvalue weighted by molar-refractivity contribution is -0.138. The Morgan fingerprint density at radius 3 is 2.52 bits per heavy atom. The maximum absolute atomic E-state index is 13.9. The standard InChI is InChI=1S/C16H22F2N2O2.ClH/c1-11(14-4-3-12(17)9-15(14)18)20-7-5-13(6-8-20)19(2)10-16(21)22;/h3-4,9,11,13H,5-8,10H2,1-2H3,(H,21,22);1H. The van der Waals surface area contributed by atoms with Crippen LogP contribution < -0.4 is 0 Å². The summed E-state index contributed by atoms with van der Waals surface area (Å²) in [4.78, 5) is 14.8. The number of nitrogens with zero attached hydrogens (tertiary/aromatic N) is 2. The molecule has 1 aromatic rings. The Bertz CT molecular complexity index is 537. The first-order valence-corrected chi connectivity index (χ1v) is 7.49. The number of likely N-dealkylation sites (N-methyl/N-ethyl adjacent to an activating group) is 1. The van der Waals surface area contributed by atoms with E-state index in [9.17, 15) is 13.6 Å². The van der Waals surface area contributed by atoms with Crippen LogP contribution in [0.15, 0.2) is 18.2 Å². The van der Waals surface area contributed by atoms with Crippen molar-refractivity contribution in [1.82, 2.24) is 9.80 Å². The van der Waals surface area contributed by atoms with Crippen molar-refractivity contribution >= 4 is 18.4 Å². The van der Waals surface area contributed by atoms with Gasteiger partial charge in [-0.05, 0) is 32.9 Å². The van der Waals surface area contributed by atoms with Crippen molar-refractivity contribution in [2.75, 3.05) is 26.7 Å². The molecule has 0 saturated carbocycles. The number of aliphatic carboxylic acids is 1. The second-order valence-electron chi connectivity index (χ2n) is 5.92. The van der Waals surface area contributed by atoms with E-state index in [2.05, 4.69) is 4.90 Å². The topological polar surface area (TPSA) is 43.8 Å². The molecule has 1 unspecified atom stereocenters. The molecule has 0 aromatic heterocycles. The summed E-state index contributed by atoms with van der Waals surface area (Å²) in [6.45, 7) is 3.49. The average molecular weight is 349 g/mol. The van der Waals surface area contributed by atoms with Gasteiger partial charge in [-0.15, -0.1) is 12.4 Å². The molecule has 1 fully saturated rings. The number of likely N-dealkylation sites (tertiary alicyclic amines) is 1. The second kappa shape index (κ2) is 8.57. The third-order valence-corrected chi connectivity index (χ3v) is 4.47. The molecule has 0 radical (unpaired) electrons. The fourth-order valence-corrected chi connectivity index (χ4v) is 3.09. The molecule has 0 aliphatic carbocycles. The van der Waals surface area contributed by atoms with Gasteiger partial charge < -0.3 is 5.11 Å². The Kier molecular flexibility index (Phi) is 7.38. The van der Waals surface area contributed by atoms with Crippen LogP contribution in [0.25, 0.3) is 0 Å². The molecule has 1 atom stereocenters. The van der Waals surface area contributed by atoms with Gasteiger partial charge in [0.25, 0.3) is 0 Å². The van der Waals surface area contributed by atoms with Gasteiger partial charge in [-0.2, -0.15) is 0 Å². The zero-order valence-corrected chi connectivity index (χ0v) is 14.2. The summed E-state index contributed by atoms with van der Waals surface area (Å²) < 4.78 is 26.9. The predicted molar refractivity (Wildman–Crippen MR) is 86.9 cm³/mol. The van der Waals surface area contributed by atoms with Crippen molar-refractivity contribution < 1.29 is 18.7 Å². The Morgan fingerprint density at radius 1 is 1.39 bits per heavy atom. The van der Waals surface area contributed by atoms with E-state index in [1.165, 1.54) is 12.1 Å². The summed E-state index contributed by atoms with van der Waals surface area (Å²) >= 11 is 0. The van der Waals surface area contributed by atoms with E-state index in [1.54, 1.807) is 0 Å². The van der Waals surface area contributed by atoms with Gasteiger partial charge >= 0.3 is 5.97 Å². The highest BCUT2D eigenvalue weighted by Crippen LogP contribution is 2.27. The SMILES string of the molecule is CC(c1ccc(F)cc1F)N1CCC(N(C)CC(=O)O)CC1.Cl. The number of piperidine rings is 1. The molecule has 4 nitrogen and oxygen atoms in total. The van der Waals surface area contributed by atoms with Crippen molar-refractivity contribution in [2.24, 2.45) is 0 Å². The van der Waals surface area contributed by atoms with E-state index in [4.69, 9.17) is 5.11 Å². The van der Waals surface area contributed by atoms with Crippen LogP contribution in [0.4, 0.5) is 8.78 Å². The predicted octanol–water partition coefficient (Wildman–Crippen LogP) is 2.93. The van der Waals surface area contributed by atoms with E-state index in [1.807, 2.05) is 18.9 Å². The number of carboxylic acid groups (broad SMARTS) is 1. The quantitative estimate of drug-likeness (QED) is 0.888. The highest BCUT2D eigenvalue weighted by atomic mass is 35.5. The molecule has 2 rings (SSSR count). The lowest BCUT2D eigenvalue weighted by Crippen LogP contribution is -2.45. The van der Waals surface area contributed by atoms with Gasteiger partial charge in [-0.1, -0.05) is 6.07 Å². The molecule has 1 heterocycles. The minimum absolute atomic E-state index is 0. The average Bonchev–Trinajstić information content (AvgIpc) is 2.46. The van der Waals surface area contributed by atoms with Crippen LogP contribution in [0, 0.1) is 11.6 Å². The number of hydrogen-bond donors (Lipinski definition) is 1. The molecule has 0 spiro atoms. The van der Waals surface area contributed by atoms with Crippen LogP contribution in [0.2, 0.25) is 0 Å². The Labute approximate surface area is 141 Å². The van der Waals surface area contributed by atoms with Gasteiger partial charge in [0.1, 0.15) is 11.6 Å². The van der Waals surface area contributed by atoms with Crippen molar-refractivity contribution in [1.29, 1.82) is 0 Å². The lowest BCUT2D eigenvalue weighted by Gasteiger charge is -2.39. The fraction of sp³-hybridized carbons (Fsp3) is 0.562. The number of rotatable bonds is 5. The summed E-state index contributed by atoms with van der Waals surface area (Å²) in [5, 5.41) is 8.83. The molecule has 1 aliphatic heterocycles. The molecule has 7 heteroatoms. The maximum Gasteiger partial charge on any atom is 0.317 e. The lowest BCUT2D eigenvalue weighted by atomic mass is 9.99. The van der Waals surface area contributed by atoms with Crippen molar-refractivity contribution in [2.45, 2.75) is 31.8 Å². The van der Waals surface area contributed by atoms with Crippen LogP contribution >= 0.6 is 12.4 Å². The number of hydrogen-bond acceptors (Lipinski definition) is 3. The first-order valence-electron chi connectivity index (χ1n) is 7.49. The third kappa shape index (κ3) is 5.12. The van der Waals surface area contributed by atoms with Crippen LogP contribution in [0.1, 0.15) is 31.4 Å². The van der Waals surface area contributed by atoms with Gasteiger partial charge in [-0.3, -0.25) is 14.6 Å². The molecule has 0 amide bonds. The highest BCUT2D eigenvalue weighted by Gasteiger charge is 2.27. The second-order valence-corrected chi connectivity index (χ2v) is 5.92. The molecule has 1 N–H and O–H groups in total. The molecule has 0 bridgehead atoms. The molecule has 1 aliphatic rings. The number of carbonyl (C=O) groups is 1. The first-order chi connectivity index (χ1) is 10.4. The van der Waals surface area contributed by atoms with Crippen molar-refractivity contribution in [3.8, 4) is 0 Å². The zero-order valence-electron chi connectivity index (χ0n) is 13.3. The van der Waals surface area contributed by atoms with E-state index < -0.39 is 17.6 Å². The largest absolute Gasteiger partial charge is 0.480 e.